The Morgan fingerprint density at radius 3 is 2.84 bits per heavy atom. The number of hydrogen-bond acceptors (Lipinski definition) is 3. The van der Waals surface area contributed by atoms with Crippen molar-refractivity contribution in [2.24, 2.45) is 0 Å². The van der Waals surface area contributed by atoms with Gasteiger partial charge in [-0.15, -0.1) is 11.3 Å². The maximum Gasteiger partial charge on any atom is 0.134 e. The average molecular weight is 292 g/mol. The summed E-state index contributed by atoms with van der Waals surface area (Å²) < 4.78 is 6.45. The molecule has 0 aliphatic carbocycles. The third-order valence-corrected chi connectivity index (χ3v) is 4.40. The predicted molar refractivity (Wildman–Crippen MR) is 81.1 cm³/mol. The molecule has 98 valence electrons. The highest BCUT2D eigenvalue weighted by Crippen LogP contribution is 2.35. The van der Waals surface area contributed by atoms with Gasteiger partial charge in [0, 0.05) is 15.8 Å². The van der Waals surface area contributed by atoms with Gasteiger partial charge < -0.3 is 9.73 Å². The number of rotatable bonds is 4. The standard InChI is InChI=1S/C15H14ClNOS/c1-2-17-15(13-7-8-14(16)19-13)11-9-18-12-6-4-3-5-10(11)12/h3-9,15,17H,2H2,1H3. The average Bonchev–Trinajstić information content (AvgIpc) is 3.03. The van der Waals surface area contributed by atoms with E-state index in [2.05, 4.69) is 24.4 Å². The molecule has 0 saturated carbocycles. The van der Waals surface area contributed by atoms with Crippen LogP contribution in [0.1, 0.15) is 23.4 Å². The molecule has 2 aromatic heterocycles. The molecule has 0 spiro atoms. The molecule has 4 heteroatoms. The van der Waals surface area contributed by atoms with Crippen molar-refractivity contribution >= 4 is 33.9 Å². The molecule has 3 rings (SSSR count). The highest BCUT2D eigenvalue weighted by atomic mass is 35.5. The summed E-state index contributed by atoms with van der Waals surface area (Å²) in [4.78, 5) is 1.21. The van der Waals surface area contributed by atoms with E-state index in [9.17, 15) is 0 Å². The number of halogens is 1. The summed E-state index contributed by atoms with van der Waals surface area (Å²) in [6, 6.07) is 12.2. The van der Waals surface area contributed by atoms with E-state index >= 15 is 0 Å². The lowest BCUT2D eigenvalue weighted by Crippen LogP contribution is -2.20. The lowest BCUT2D eigenvalue weighted by atomic mass is 10.0. The molecule has 0 fully saturated rings. The zero-order valence-corrected chi connectivity index (χ0v) is 12.1. The molecule has 0 amide bonds. The van der Waals surface area contributed by atoms with Gasteiger partial charge in [0.1, 0.15) is 5.58 Å². The molecule has 0 bridgehead atoms. The maximum atomic E-state index is 6.05. The Bertz CT molecular complexity index is 688. The molecule has 19 heavy (non-hydrogen) atoms. The van der Waals surface area contributed by atoms with Crippen molar-refractivity contribution in [1.29, 1.82) is 0 Å². The predicted octanol–water partition coefficient (Wildman–Crippen LogP) is 4.85. The summed E-state index contributed by atoms with van der Waals surface area (Å²) in [6.45, 7) is 2.99. The van der Waals surface area contributed by atoms with Gasteiger partial charge in [0.25, 0.3) is 0 Å². The van der Waals surface area contributed by atoms with Gasteiger partial charge in [0.15, 0.2) is 0 Å². The molecule has 1 atom stereocenters. The molecule has 1 N–H and O–H groups in total. The number of fused-ring (bicyclic) bond motifs is 1. The monoisotopic (exact) mass is 291 g/mol. The Morgan fingerprint density at radius 2 is 2.11 bits per heavy atom. The third-order valence-electron chi connectivity index (χ3n) is 3.11. The van der Waals surface area contributed by atoms with Gasteiger partial charge in [0.2, 0.25) is 0 Å². The first-order valence-corrected chi connectivity index (χ1v) is 7.43. The highest BCUT2D eigenvalue weighted by Gasteiger charge is 2.19. The van der Waals surface area contributed by atoms with E-state index in [0.29, 0.717) is 0 Å². The van der Waals surface area contributed by atoms with Crippen LogP contribution in [0.2, 0.25) is 4.34 Å². The molecule has 1 aromatic carbocycles. The molecular formula is C15H14ClNOS. The van der Waals surface area contributed by atoms with E-state index < -0.39 is 0 Å². The fraction of sp³-hybridized carbons (Fsp3) is 0.200. The van der Waals surface area contributed by atoms with Crippen LogP contribution in [0.3, 0.4) is 0 Å². The van der Waals surface area contributed by atoms with Crippen molar-refractivity contribution in [2.75, 3.05) is 6.54 Å². The van der Waals surface area contributed by atoms with Crippen LogP contribution in [0.5, 0.6) is 0 Å². The fourth-order valence-corrected chi connectivity index (χ4v) is 3.43. The summed E-state index contributed by atoms with van der Waals surface area (Å²) in [7, 11) is 0. The normalized spacial score (nSPS) is 12.9. The number of furan rings is 1. The van der Waals surface area contributed by atoms with E-state index in [4.69, 9.17) is 16.0 Å². The van der Waals surface area contributed by atoms with Crippen molar-refractivity contribution in [1.82, 2.24) is 5.32 Å². The van der Waals surface area contributed by atoms with Crippen LogP contribution in [-0.2, 0) is 0 Å². The number of thiophene rings is 1. The first-order valence-electron chi connectivity index (χ1n) is 6.24. The van der Waals surface area contributed by atoms with Gasteiger partial charge >= 0.3 is 0 Å². The van der Waals surface area contributed by atoms with Crippen molar-refractivity contribution in [2.45, 2.75) is 13.0 Å². The van der Waals surface area contributed by atoms with Gasteiger partial charge in [0.05, 0.1) is 16.6 Å². The first kappa shape index (κ1) is 12.7. The first-order chi connectivity index (χ1) is 9.29. The summed E-state index contributed by atoms with van der Waals surface area (Å²) in [5.41, 5.74) is 2.08. The van der Waals surface area contributed by atoms with Gasteiger partial charge in [-0.1, -0.05) is 36.7 Å². The minimum atomic E-state index is 0.131. The molecule has 2 nitrogen and oxygen atoms in total. The van der Waals surface area contributed by atoms with Gasteiger partial charge in [-0.05, 0) is 24.7 Å². The molecule has 0 saturated heterocycles. The second-order valence-corrected chi connectivity index (χ2v) is 6.07. The maximum absolute atomic E-state index is 6.05. The van der Waals surface area contributed by atoms with Crippen LogP contribution in [0, 0.1) is 0 Å². The molecular weight excluding hydrogens is 278 g/mol. The van der Waals surface area contributed by atoms with E-state index in [-0.39, 0.29) is 6.04 Å². The van der Waals surface area contributed by atoms with Crippen LogP contribution in [0.4, 0.5) is 0 Å². The minimum Gasteiger partial charge on any atom is -0.464 e. The smallest absolute Gasteiger partial charge is 0.134 e. The summed E-state index contributed by atoms with van der Waals surface area (Å²) in [5.74, 6) is 0. The van der Waals surface area contributed by atoms with Crippen molar-refractivity contribution in [3.8, 4) is 0 Å². The van der Waals surface area contributed by atoms with Gasteiger partial charge in [-0.2, -0.15) is 0 Å². The van der Waals surface area contributed by atoms with Crippen LogP contribution in [0.15, 0.2) is 47.1 Å². The quantitative estimate of drug-likeness (QED) is 0.743. The van der Waals surface area contributed by atoms with E-state index in [0.717, 1.165) is 27.4 Å². The highest BCUT2D eigenvalue weighted by molar-refractivity contribution is 7.16. The summed E-state index contributed by atoms with van der Waals surface area (Å²) in [5, 5.41) is 4.65. The molecule has 0 aliphatic heterocycles. The fourth-order valence-electron chi connectivity index (χ4n) is 2.27. The molecule has 0 aliphatic rings. The number of para-hydroxylation sites is 1. The van der Waals surface area contributed by atoms with Crippen molar-refractivity contribution < 1.29 is 4.42 Å². The van der Waals surface area contributed by atoms with Crippen LogP contribution < -0.4 is 5.32 Å². The molecule has 2 heterocycles. The third kappa shape index (κ3) is 2.41. The lowest BCUT2D eigenvalue weighted by molar-refractivity contribution is 0.588. The summed E-state index contributed by atoms with van der Waals surface area (Å²) >= 11 is 7.66. The number of nitrogens with one attached hydrogen (secondary N) is 1. The van der Waals surface area contributed by atoms with Crippen LogP contribution in [0.25, 0.3) is 11.0 Å². The number of hydrogen-bond donors (Lipinski definition) is 1. The van der Waals surface area contributed by atoms with Gasteiger partial charge in [-0.3, -0.25) is 0 Å². The van der Waals surface area contributed by atoms with Gasteiger partial charge in [-0.25, -0.2) is 0 Å². The SMILES string of the molecule is CCNC(c1ccc(Cl)s1)c1coc2ccccc12. The molecule has 0 radical (unpaired) electrons. The Morgan fingerprint density at radius 1 is 1.26 bits per heavy atom. The van der Waals surface area contributed by atoms with E-state index in [1.807, 2.05) is 30.5 Å². The Kier molecular flexibility index (Phi) is 3.60. The minimum absolute atomic E-state index is 0.131. The van der Waals surface area contributed by atoms with Crippen molar-refractivity contribution in [3.05, 3.63) is 57.4 Å². The van der Waals surface area contributed by atoms with Crippen LogP contribution in [-0.4, -0.2) is 6.54 Å². The lowest BCUT2D eigenvalue weighted by Gasteiger charge is -2.15. The number of benzene rings is 1. The second-order valence-electron chi connectivity index (χ2n) is 4.32. The Hall–Kier alpha value is -1.29. The van der Waals surface area contributed by atoms with E-state index in [1.54, 1.807) is 11.3 Å². The van der Waals surface area contributed by atoms with Crippen molar-refractivity contribution in [3.63, 3.8) is 0 Å². The Balaban J connectivity index is 2.09. The zero-order chi connectivity index (χ0) is 13.2. The molecule has 3 aromatic rings. The largest absolute Gasteiger partial charge is 0.464 e. The van der Waals surface area contributed by atoms with E-state index in [1.165, 1.54) is 4.88 Å². The van der Waals surface area contributed by atoms with Crippen LogP contribution >= 0.6 is 22.9 Å². The second kappa shape index (κ2) is 5.37. The topological polar surface area (TPSA) is 25.2 Å². The molecule has 1 unspecified atom stereocenters. The zero-order valence-electron chi connectivity index (χ0n) is 10.5. The Labute approximate surface area is 121 Å². The summed E-state index contributed by atoms with van der Waals surface area (Å²) in [6.07, 6.45) is 1.84.